The van der Waals surface area contributed by atoms with Crippen LogP contribution >= 0.6 is 0 Å². The van der Waals surface area contributed by atoms with Crippen LogP contribution in [0.3, 0.4) is 0 Å². The van der Waals surface area contributed by atoms with Crippen molar-refractivity contribution in [2.45, 2.75) is 66.2 Å². The highest BCUT2D eigenvalue weighted by Crippen LogP contribution is 2.29. The fourth-order valence-corrected chi connectivity index (χ4v) is 5.12. The average molecular weight is 553 g/mol. The SMILES string of the molecule is Cc1c(C)n(Cc2cccc(OC(C)c3noc(=O)[nH]3)c2)c2ccc(C(=O)NC(C)c3cccc(C(C)C)c3)cc12. The molecule has 2 N–H and O–H groups in total. The van der Waals surface area contributed by atoms with E-state index in [2.05, 4.69) is 76.5 Å². The fourth-order valence-electron chi connectivity index (χ4n) is 5.12. The van der Waals surface area contributed by atoms with Gasteiger partial charge in [0.2, 0.25) is 0 Å². The van der Waals surface area contributed by atoms with Crippen molar-refractivity contribution in [3.63, 3.8) is 0 Å². The van der Waals surface area contributed by atoms with E-state index in [-0.39, 0.29) is 11.9 Å². The maximum Gasteiger partial charge on any atom is 0.439 e. The molecule has 212 valence electrons. The van der Waals surface area contributed by atoms with Gasteiger partial charge in [-0.25, -0.2) is 4.79 Å². The summed E-state index contributed by atoms with van der Waals surface area (Å²) in [5, 5.41) is 7.94. The van der Waals surface area contributed by atoms with E-state index in [1.807, 2.05) is 49.4 Å². The normalized spacial score (nSPS) is 13.0. The molecule has 0 aliphatic rings. The maximum atomic E-state index is 13.3. The first-order valence-electron chi connectivity index (χ1n) is 13.9. The number of nitrogens with zero attached hydrogens (tertiary/aromatic N) is 2. The average Bonchev–Trinajstić information content (AvgIpc) is 3.50. The molecule has 0 spiro atoms. The van der Waals surface area contributed by atoms with Gasteiger partial charge in [-0.2, -0.15) is 0 Å². The lowest BCUT2D eigenvalue weighted by atomic mass is 9.98. The molecule has 8 nitrogen and oxygen atoms in total. The van der Waals surface area contributed by atoms with Crippen molar-refractivity contribution in [3.05, 3.63) is 117 Å². The van der Waals surface area contributed by atoms with Gasteiger partial charge in [-0.1, -0.05) is 55.4 Å². The molecule has 5 rings (SSSR count). The molecule has 0 aliphatic carbocycles. The summed E-state index contributed by atoms with van der Waals surface area (Å²) in [6, 6.07) is 22.0. The Labute approximate surface area is 239 Å². The zero-order chi connectivity index (χ0) is 29.3. The van der Waals surface area contributed by atoms with Crippen molar-refractivity contribution >= 4 is 16.8 Å². The van der Waals surface area contributed by atoms with Gasteiger partial charge in [0.15, 0.2) is 11.9 Å². The Morgan fingerprint density at radius 3 is 2.49 bits per heavy atom. The zero-order valence-corrected chi connectivity index (χ0v) is 24.3. The van der Waals surface area contributed by atoms with E-state index < -0.39 is 11.9 Å². The molecule has 1 amide bonds. The van der Waals surface area contributed by atoms with Gasteiger partial charge in [-0.05, 0) is 86.2 Å². The number of carbonyl (C=O) groups excluding carboxylic acids is 1. The van der Waals surface area contributed by atoms with Crippen molar-refractivity contribution in [1.29, 1.82) is 0 Å². The molecule has 3 aromatic carbocycles. The summed E-state index contributed by atoms with van der Waals surface area (Å²) in [5.74, 6) is 0.728. The van der Waals surface area contributed by atoms with Gasteiger partial charge in [-0.15, -0.1) is 0 Å². The third kappa shape index (κ3) is 5.96. The first kappa shape index (κ1) is 28.0. The predicted molar refractivity (Wildman–Crippen MR) is 160 cm³/mol. The number of hydrogen-bond donors (Lipinski definition) is 2. The minimum absolute atomic E-state index is 0.0911. The number of ether oxygens (including phenoxy) is 1. The molecule has 5 aromatic rings. The lowest BCUT2D eigenvalue weighted by Crippen LogP contribution is -2.26. The van der Waals surface area contributed by atoms with E-state index in [4.69, 9.17) is 4.74 Å². The molecule has 0 saturated heterocycles. The smallest absolute Gasteiger partial charge is 0.439 e. The van der Waals surface area contributed by atoms with Crippen LogP contribution in [0, 0.1) is 13.8 Å². The first-order valence-corrected chi connectivity index (χ1v) is 13.9. The summed E-state index contributed by atoms with van der Waals surface area (Å²) in [5.41, 5.74) is 7.39. The molecule has 0 bridgehead atoms. The van der Waals surface area contributed by atoms with Gasteiger partial charge in [0.05, 0.1) is 6.04 Å². The third-order valence-corrected chi connectivity index (χ3v) is 7.72. The van der Waals surface area contributed by atoms with Crippen LogP contribution in [0.15, 0.2) is 76.0 Å². The van der Waals surface area contributed by atoms with Crippen LogP contribution < -0.4 is 15.8 Å². The second kappa shape index (κ2) is 11.5. The number of aromatic amines is 1. The number of fused-ring (bicyclic) bond motifs is 1. The van der Waals surface area contributed by atoms with E-state index >= 15 is 0 Å². The number of aromatic nitrogens is 3. The van der Waals surface area contributed by atoms with E-state index in [1.165, 1.54) is 5.56 Å². The lowest BCUT2D eigenvalue weighted by Gasteiger charge is -2.17. The predicted octanol–water partition coefficient (Wildman–Crippen LogP) is 6.74. The van der Waals surface area contributed by atoms with Crippen LogP contribution in [0.25, 0.3) is 10.9 Å². The molecule has 0 saturated carbocycles. The van der Waals surface area contributed by atoms with Gasteiger partial charge in [0.1, 0.15) is 5.75 Å². The number of rotatable bonds is 9. The molecule has 41 heavy (non-hydrogen) atoms. The van der Waals surface area contributed by atoms with Gasteiger partial charge in [0, 0.05) is 28.7 Å². The van der Waals surface area contributed by atoms with E-state index in [1.54, 1.807) is 6.92 Å². The van der Waals surface area contributed by atoms with Crippen molar-refractivity contribution in [2.75, 3.05) is 0 Å². The van der Waals surface area contributed by atoms with Crippen LogP contribution in [0.2, 0.25) is 0 Å². The highest BCUT2D eigenvalue weighted by molar-refractivity contribution is 5.99. The van der Waals surface area contributed by atoms with Crippen molar-refractivity contribution < 1.29 is 14.1 Å². The molecule has 0 aliphatic heterocycles. The number of aryl methyl sites for hydroxylation is 1. The molecule has 2 atom stereocenters. The Bertz CT molecular complexity index is 1760. The summed E-state index contributed by atoms with van der Waals surface area (Å²) in [7, 11) is 0. The maximum absolute atomic E-state index is 13.3. The molecule has 2 aromatic heterocycles. The van der Waals surface area contributed by atoms with Crippen LogP contribution in [-0.2, 0) is 6.54 Å². The quantitative estimate of drug-likeness (QED) is 0.211. The molecule has 8 heteroatoms. The van der Waals surface area contributed by atoms with Gasteiger partial charge in [-0.3, -0.25) is 14.3 Å². The van der Waals surface area contributed by atoms with E-state index in [0.717, 1.165) is 33.3 Å². The highest BCUT2D eigenvalue weighted by atomic mass is 16.5. The van der Waals surface area contributed by atoms with Gasteiger partial charge in [0.25, 0.3) is 5.91 Å². The minimum atomic E-state index is -0.610. The first-order chi connectivity index (χ1) is 19.6. The number of H-pyrrole nitrogens is 1. The van der Waals surface area contributed by atoms with Crippen molar-refractivity contribution in [2.24, 2.45) is 0 Å². The Kier molecular flexibility index (Phi) is 7.83. The molecule has 0 fully saturated rings. The molecular formula is C33H36N4O4. The Morgan fingerprint density at radius 1 is 1.00 bits per heavy atom. The fraction of sp³-hybridized carbons (Fsp3) is 0.303. The van der Waals surface area contributed by atoms with Gasteiger partial charge >= 0.3 is 5.76 Å². The molecule has 2 unspecified atom stereocenters. The topological polar surface area (TPSA) is 102 Å². The number of nitrogens with one attached hydrogen (secondary N) is 2. The second-order valence-corrected chi connectivity index (χ2v) is 10.9. The standard InChI is InChI=1S/C33H36N4O4/c1-19(2)25-10-8-11-26(16-25)21(4)34-32(38)27-13-14-30-29(17-27)20(3)22(5)37(30)18-24-9-7-12-28(15-24)40-23(6)31-35-33(39)41-36-31/h7-17,19,21,23H,18H2,1-6H3,(H,34,38)(H,35,36,39). The van der Waals surface area contributed by atoms with Crippen LogP contribution in [-0.4, -0.2) is 20.6 Å². The van der Waals surface area contributed by atoms with E-state index in [9.17, 15) is 9.59 Å². The monoisotopic (exact) mass is 552 g/mol. The zero-order valence-electron chi connectivity index (χ0n) is 24.3. The van der Waals surface area contributed by atoms with Crippen LogP contribution in [0.1, 0.15) is 89.9 Å². The number of carbonyl (C=O) groups is 1. The number of amides is 1. The minimum Gasteiger partial charge on any atom is -0.483 e. The summed E-state index contributed by atoms with van der Waals surface area (Å²) in [4.78, 5) is 27.1. The highest BCUT2D eigenvalue weighted by Gasteiger charge is 2.17. The lowest BCUT2D eigenvalue weighted by molar-refractivity contribution is 0.0940. The van der Waals surface area contributed by atoms with Gasteiger partial charge < -0.3 is 14.6 Å². The summed E-state index contributed by atoms with van der Waals surface area (Å²) in [6.07, 6.45) is -0.473. The largest absolute Gasteiger partial charge is 0.483 e. The second-order valence-electron chi connectivity index (χ2n) is 10.9. The number of benzene rings is 3. The Hall–Kier alpha value is -4.59. The Morgan fingerprint density at radius 2 is 1.76 bits per heavy atom. The van der Waals surface area contributed by atoms with E-state index in [0.29, 0.717) is 29.6 Å². The van der Waals surface area contributed by atoms with Crippen LogP contribution in [0.5, 0.6) is 5.75 Å². The molecule has 0 radical (unpaired) electrons. The number of hydrogen-bond acceptors (Lipinski definition) is 5. The Balaban J connectivity index is 1.34. The summed E-state index contributed by atoms with van der Waals surface area (Å²) in [6.45, 7) is 13.0. The third-order valence-electron chi connectivity index (χ3n) is 7.72. The summed E-state index contributed by atoms with van der Waals surface area (Å²) >= 11 is 0. The molecular weight excluding hydrogens is 516 g/mol. The van der Waals surface area contributed by atoms with Crippen molar-refractivity contribution in [1.82, 2.24) is 20.0 Å². The summed E-state index contributed by atoms with van der Waals surface area (Å²) < 4.78 is 12.8. The molecule has 2 heterocycles. The van der Waals surface area contributed by atoms with Crippen LogP contribution in [0.4, 0.5) is 0 Å². The van der Waals surface area contributed by atoms with Crippen molar-refractivity contribution in [3.8, 4) is 5.75 Å².